The Balaban J connectivity index is 1.92. The Morgan fingerprint density at radius 3 is 2.12 bits per heavy atom. The van der Waals surface area contributed by atoms with Crippen LogP contribution in [0.5, 0.6) is 17.2 Å². The van der Waals surface area contributed by atoms with Crippen LogP contribution in [-0.2, 0) is 0 Å². The summed E-state index contributed by atoms with van der Waals surface area (Å²) in [5.74, 6) is 2.06. The van der Waals surface area contributed by atoms with E-state index in [9.17, 15) is 0 Å². The van der Waals surface area contributed by atoms with Gasteiger partial charge in [0.15, 0.2) is 11.5 Å². The van der Waals surface area contributed by atoms with E-state index >= 15 is 0 Å². The number of nitrogens with zero attached hydrogens (tertiary/aromatic N) is 2. The van der Waals surface area contributed by atoms with E-state index in [0.717, 1.165) is 11.3 Å². The number of hydrogen-bond acceptors (Lipinski definition) is 6. The topological polar surface area (TPSA) is 65.5 Å². The summed E-state index contributed by atoms with van der Waals surface area (Å²) in [6, 6.07) is 12.9. The standard InChI is InChI=1S/C19H18ClN3O3/c1-24-16-10-14(11-17(25-2)18(16)26-3)22-19-21-9-8-15(23-19)12-4-6-13(20)7-5-12/h4-11H,1-3H3,(H,21,22,23). The Kier molecular flexibility index (Phi) is 5.43. The van der Waals surface area contributed by atoms with Crippen LogP contribution in [0.2, 0.25) is 5.02 Å². The van der Waals surface area contributed by atoms with Gasteiger partial charge in [0.05, 0.1) is 27.0 Å². The first-order chi connectivity index (χ1) is 12.6. The van der Waals surface area contributed by atoms with Gasteiger partial charge in [0.1, 0.15) is 0 Å². The van der Waals surface area contributed by atoms with Crippen molar-refractivity contribution in [1.82, 2.24) is 9.97 Å². The minimum absolute atomic E-state index is 0.451. The maximum Gasteiger partial charge on any atom is 0.227 e. The zero-order chi connectivity index (χ0) is 18.5. The van der Waals surface area contributed by atoms with Gasteiger partial charge in [-0.05, 0) is 18.2 Å². The molecule has 0 unspecified atom stereocenters. The highest BCUT2D eigenvalue weighted by atomic mass is 35.5. The summed E-state index contributed by atoms with van der Waals surface area (Å²) in [5.41, 5.74) is 2.45. The first-order valence-corrected chi connectivity index (χ1v) is 8.18. The molecule has 1 heterocycles. The average Bonchev–Trinajstić information content (AvgIpc) is 2.68. The molecule has 1 N–H and O–H groups in total. The van der Waals surface area contributed by atoms with Gasteiger partial charge < -0.3 is 19.5 Å². The Morgan fingerprint density at radius 2 is 1.54 bits per heavy atom. The Hall–Kier alpha value is -2.99. The molecule has 1 aromatic heterocycles. The molecular weight excluding hydrogens is 354 g/mol. The number of benzene rings is 2. The minimum atomic E-state index is 0.451. The molecule has 0 saturated carbocycles. The molecule has 0 bridgehead atoms. The lowest BCUT2D eigenvalue weighted by Gasteiger charge is -2.14. The van der Waals surface area contributed by atoms with Gasteiger partial charge in [-0.25, -0.2) is 9.97 Å². The van der Waals surface area contributed by atoms with Crippen LogP contribution >= 0.6 is 11.6 Å². The molecule has 0 radical (unpaired) electrons. The van der Waals surface area contributed by atoms with Crippen molar-refractivity contribution in [3.8, 4) is 28.5 Å². The molecule has 0 aliphatic heterocycles. The maximum absolute atomic E-state index is 5.94. The van der Waals surface area contributed by atoms with Gasteiger partial charge in [0.2, 0.25) is 11.7 Å². The van der Waals surface area contributed by atoms with Gasteiger partial charge in [-0.1, -0.05) is 23.7 Å². The van der Waals surface area contributed by atoms with Gasteiger partial charge in [0, 0.05) is 34.6 Å². The molecule has 7 heteroatoms. The minimum Gasteiger partial charge on any atom is -0.493 e. The molecule has 134 valence electrons. The van der Waals surface area contributed by atoms with Crippen LogP contribution < -0.4 is 19.5 Å². The molecule has 26 heavy (non-hydrogen) atoms. The molecule has 0 fully saturated rings. The third-order valence-corrected chi connectivity index (χ3v) is 3.97. The van der Waals surface area contributed by atoms with Crippen LogP contribution in [0.4, 0.5) is 11.6 Å². The fourth-order valence-corrected chi connectivity index (χ4v) is 2.61. The lowest BCUT2D eigenvalue weighted by atomic mass is 10.1. The smallest absolute Gasteiger partial charge is 0.227 e. The number of anilines is 2. The molecule has 3 aromatic rings. The van der Waals surface area contributed by atoms with Crippen molar-refractivity contribution < 1.29 is 14.2 Å². The van der Waals surface area contributed by atoms with Crippen molar-refractivity contribution in [1.29, 1.82) is 0 Å². The fraction of sp³-hybridized carbons (Fsp3) is 0.158. The number of nitrogens with one attached hydrogen (secondary N) is 1. The second kappa shape index (κ2) is 7.93. The first-order valence-electron chi connectivity index (χ1n) is 7.80. The fourth-order valence-electron chi connectivity index (χ4n) is 2.48. The molecule has 0 aliphatic carbocycles. The second-order valence-electron chi connectivity index (χ2n) is 5.31. The summed E-state index contributed by atoms with van der Waals surface area (Å²) < 4.78 is 16.1. The Bertz CT molecular complexity index is 876. The van der Waals surface area contributed by atoms with Crippen molar-refractivity contribution in [3.05, 3.63) is 53.7 Å². The van der Waals surface area contributed by atoms with Crippen LogP contribution in [-0.4, -0.2) is 31.3 Å². The van der Waals surface area contributed by atoms with E-state index in [1.54, 1.807) is 39.7 Å². The van der Waals surface area contributed by atoms with E-state index < -0.39 is 0 Å². The highest BCUT2D eigenvalue weighted by molar-refractivity contribution is 6.30. The molecule has 2 aromatic carbocycles. The van der Waals surface area contributed by atoms with Crippen LogP contribution in [0.25, 0.3) is 11.3 Å². The predicted octanol–water partition coefficient (Wildman–Crippen LogP) is 4.57. The molecular formula is C19H18ClN3O3. The van der Waals surface area contributed by atoms with Gasteiger partial charge >= 0.3 is 0 Å². The lowest BCUT2D eigenvalue weighted by Crippen LogP contribution is -2.00. The number of rotatable bonds is 6. The summed E-state index contributed by atoms with van der Waals surface area (Å²) in [6.07, 6.45) is 1.69. The molecule has 0 aliphatic rings. The predicted molar refractivity (Wildman–Crippen MR) is 102 cm³/mol. The number of ether oxygens (including phenoxy) is 3. The van der Waals surface area contributed by atoms with Crippen molar-refractivity contribution in [2.75, 3.05) is 26.6 Å². The van der Waals surface area contributed by atoms with E-state index in [1.807, 2.05) is 30.3 Å². The van der Waals surface area contributed by atoms with E-state index in [4.69, 9.17) is 25.8 Å². The van der Waals surface area contributed by atoms with Gasteiger partial charge in [-0.15, -0.1) is 0 Å². The van der Waals surface area contributed by atoms with Gasteiger partial charge in [-0.3, -0.25) is 0 Å². The third-order valence-electron chi connectivity index (χ3n) is 3.72. The van der Waals surface area contributed by atoms with Crippen molar-refractivity contribution in [2.24, 2.45) is 0 Å². The van der Waals surface area contributed by atoms with Crippen molar-refractivity contribution in [2.45, 2.75) is 0 Å². The van der Waals surface area contributed by atoms with Crippen LogP contribution in [0.3, 0.4) is 0 Å². The number of hydrogen-bond donors (Lipinski definition) is 1. The van der Waals surface area contributed by atoms with Crippen molar-refractivity contribution in [3.63, 3.8) is 0 Å². The molecule has 3 rings (SSSR count). The van der Waals surface area contributed by atoms with E-state index in [2.05, 4.69) is 15.3 Å². The summed E-state index contributed by atoms with van der Waals surface area (Å²) >= 11 is 5.94. The molecule has 0 amide bonds. The summed E-state index contributed by atoms with van der Waals surface area (Å²) in [6.45, 7) is 0. The van der Waals surface area contributed by atoms with Crippen LogP contribution in [0.15, 0.2) is 48.7 Å². The summed E-state index contributed by atoms with van der Waals surface area (Å²) in [5, 5.41) is 3.84. The molecule has 6 nitrogen and oxygen atoms in total. The van der Waals surface area contributed by atoms with E-state index in [-0.39, 0.29) is 0 Å². The quantitative estimate of drug-likeness (QED) is 0.684. The maximum atomic E-state index is 5.94. The van der Waals surface area contributed by atoms with E-state index in [1.165, 1.54) is 0 Å². The zero-order valence-corrected chi connectivity index (χ0v) is 15.4. The second-order valence-corrected chi connectivity index (χ2v) is 5.75. The SMILES string of the molecule is COc1cc(Nc2nccc(-c3ccc(Cl)cc3)n2)cc(OC)c1OC. The van der Waals surface area contributed by atoms with Gasteiger partial charge in [-0.2, -0.15) is 0 Å². The number of halogens is 1. The highest BCUT2D eigenvalue weighted by Crippen LogP contribution is 2.40. The van der Waals surface area contributed by atoms with Crippen LogP contribution in [0.1, 0.15) is 0 Å². The molecule has 0 atom stereocenters. The molecule has 0 saturated heterocycles. The lowest BCUT2D eigenvalue weighted by molar-refractivity contribution is 0.324. The van der Waals surface area contributed by atoms with E-state index in [0.29, 0.717) is 33.9 Å². The molecule has 0 spiro atoms. The Morgan fingerprint density at radius 1 is 0.885 bits per heavy atom. The average molecular weight is 372 g/mol. The first kappa shape index (κ1) is 17.8. The summed E-state index contributed by atoms with van der Waals surface area (Å²) in [4.78, 5) is 8.81. The number of aromatic nitrogens is 2. The number of methoxy groups -OCH3 is 3. The highest BCUT2D eigenvalue weighted by Gasteiger charge is 2.14. The zero-order valence-electron chi connectivity index (χ0n) is 14.6. The normalized spacial score (nSPS) is 10.3. The largest absolute Gasteiger partial charge is 0.493 e. The Labute approximate surface area is 156 Å². The monoisotopic (exact) mass is 371 g/mol. The van der Waals surface area contributed by atoms with Gasteiger partial charge in [0.25, 0.3) is 0 Å². The van der Waals surface area contributed by atoms with Crippen molar-refractivity contribution >= 4 is 23.2 Å². The van der Waals surface area contributed by atoms with Crippen LogP contribution in [0, 0.1) is 0 Å². The summed E-state index contributed by atoms with van der Waals surface area (Å²) in [7, 11) is 4.70. The third kappa shape index (κ3) is 3.81.